The molecule has 3 N–H and O–H groups in total. The van der Waals surface area contributed by atoms with Crippen LogP contribution in [0.4, 0.5) is 5.69 Å². The van der Waals surface area contributed by atoms with Crippen LogP contribution in [0.3, 0.4) is 0 Å². The first-order valence-corrected chi connectivity index (χ1v) is 4.63. The summed E-state index contributed by atoms with van der Waals surface area (Å²) in [6, 6.07) is 5.72. The molecule has 0 aromatic heterocycles. The lowest BCUT2D eigenvalue weighted by molar-refractivity contribution is 0.415. The maximum absolute atomic E-state index is 5.32. The van der Waals surface area contributed by atoms with Crippen LogP contribution in [0.5, 0.6) is 5.75 Å². The van der Waals surface area contributed by atoms with E-state index in [2.05, 4.69) is 21.4 Å². The Labute approximate surface area is 80.0 Å². The molecule has 0 heterocycles. The van der Waals surface area contributed by atoms with Crippen molar-refractivity contribution in [2.75, 3.05) is 12.5 Å². The largest absolute Gasteiger partial charge is 0.497 e. The van der Waals surface area contributed by atoms with Crippen molar-refractivity contribution in [3.05, 3.63) is 23.8 Å². The molecule has 0 unspecified atom stereocenters. The number of ether oxygens (including phenoxy) is 1. The highest BCUT2D eigenvalue weighted by Gasteiger charge is 2.00. The molecule has 0 fully saturated rings. The Morgan fingerprint density at radius 2 is 2.33 bits per heavy atom. The summed E-state index contributed by atoms with van der Waals surface area (Å²) in [5.41, 5.74) is 4.60. The first-order valence-electron chi connectivity index (χ1n) is 3.51. The van der Waals surface area contributed by atoms with Crippen LogP contribution in [0.2, 0.25) is 0 Å². The third-order valence-electron chi connectivity index (χ3n) is 1.62. The van der Waals surface area contributed by atoms with E-state index in [4.69, 9.17) is 10.6 Å². The third kappa shape index (κ3) is 1.89. The fraction of sp³-hybridized carbons (Fsp3) is 0.250. The summed E-state index contributed by atoms with van der Waals surface area (Å²) in [5.74, 6) is 6.12. The summed E-state index contributed by atoms with van der Waals surface area (Å²) in [4.78, 5) is 0. The smallest absolute Gasteiger partial charge is 0.120 e. The molecule has 0 aliphatic heterocycles. The zero-order valence-corrected chi connectivity index (χ0v) is 8.39. The number of anilines is 1. The molecule has 0 atom stereocenters. The molecule has 0 saturated heterocycles. The first kappa shape index (κ1) is 9.35. The van der Waals surface area contributed by atoms with Gasteiger partial charge in [-0.1, -0.05) is 22.0 Å². The van der Waals surface area contributed by atoms with Gasteiger partial charge in [0.1, 0.15) is 5.75 Å². The van der Waals surface area contributed by atoms with Gasteiger partial charge >= 0.3 is 0 Å². The molecule has 0 spiro atoms. The van der Waals surface area contributed by atoms with Gasteiger partial charge in [0.05, 0.1) is 12.8 Å². The van der Waals surface area contributed by atoms with Crippen molar-refractivity contribution in [3.8, 4) is 5.75 Å². The summed E-state index contributed by atoms with van der Waals surface area (Å²) in [5, 5.41) is 0.774. The van der Waals surface area contributed by atoms with Crippen molar-refractivity contribution < 1.29 is 4.74 Å². The first-order chi connectivity index (χ1) is 5.81. The van der Waals surface area contributed by atoms with Crippen LogP contribution in [0.25, 0.3) is 0 Å². The molecule has 1 rings (SSSR count). The summed E-state index contributed by atoms with van der Waals surface area (Å²) >= 11 is 3.36. The van der Waals surface area contributed by atoms with Crippen LogP contribution in [0.1, 0.15) is 5.56 Å². The van der Waals surface area contributed by atoms with Crippen molar-refractivity contribution in [2.24, 2.45) is 5.84 Å². The van der Waals surface area contributed by atoms with Crippen molar-refractivity contribution in [1.82, 2.24) is 0 Å². The van der Waals surface area contributed by atoms with E-state index in [9.17, 15) is 0 Å². The predicted molar refractivity (Wildman–Crippen MR) is 53.4 cm³/mol. The molecule has 4 heteroatoms. The predicted octanol–water partition coefficient (Wildman–Crippen LogP) is 1.88. The Kier molecular flexibility index (Phi) is 3.37. The molecule has 12 heavy (non-hydrogen) atoms. The second-order valence-electron chi connectivity index (χ2n) is 2.30. The van der Waals surface area contributed by atoms with E-state index >= 15 is 0 Å². The molecule has 0 saturated carbocycles. The van der Waals surface area contributed by atoms with E-state index in [0.29, 0.717) is 0 Å². The maximum Gasteiger partial charge on any atom is 0.120 e. The van der Waals surface area contributed by atoms with Crippen LogP contribution >= 0.6 is 15.9 Å². The Morgan fingerprint density at radius 3 is 2.83 bits per heavy atom. The van der Waals surface area contributed by atoms with Crippen LogP contribution < -0.4 is 16.0 Å². The number of methoxy groups -OCH3 is 1. The summed E-state index contributed by atoms with van der Waals surface area (Å²) in [7, 11) is 1.63. The molecule has 66 valence electrons. The lowest BCUT2D eigenvalue weighted by Gasteiger charge is -2.07. The number of nitrogens with one attached hydrogen (secondary N) is 1. The quantitative estimate of drug-likeness (QED) is 0.474. The topological polar surface area (TPSA) is 47.3 Å². The van der Waals surface area contributed by atoms with Crippen LogP contribution in [-0.2, 0) is 5.33 Å². The lowest BCUT2D eigenvalue weighted by atomic mass is 10.2. The van der Waals surface area contributed by atoms with Crippen molar-refractivity contribution in [3.63, 3.8) is 0 Å². The molecule has 0 aliphatic carbocycles. The number of benzene rings is 1. The Balaban J connectivity index is 3.02. The highest BCUT2D eigenvalue weighted by Crippen LogP contribution is 2.23. The maximum atomic E-state index is 5.32. The highest BCUT2D eigenvalue weighted by atomic mass is 79.9. The second-order valence-corrected chi connectivity index (χ2v) is 2.86. The minimum atomic E-state index is 0.774. The number of hydrogen-bond donors (Lipinski definition) is 2. The number of alkyl halides is 1. The Morgan fingerprint density at radius 1 is 1.58 bits per heavy atom. The van der Waals surface area contributed by atoms with Gasteiger partial charge < -0.3 is 10.2 Å². The Hall–Kier alpha value is -0.740. The van der Waals surface area contributed by atoms with E-state index in [1.807, 2.05) is 18.2 Å². The van der Waals surface area contributed by atoms with Crippen molar-refractivity contribution in [2.45, 2.75) is 5.33 Å². The van der Waals surface area contributed by atoms with Crippen LogP contribution in [0.15, 0.2) is 18.2 Å². The molecule has 1 aromatic carbocycles. The molecule has 0 bridgehead atoms. The highest BCUT2D eigenvalue weighted by molar-refractivity contribution is 9.08. The van der Waals surface area contributed by atoms with Crippen molar-refractivity contribution in [1.29, 1.82) is 0 Å². The summed E-state index contributed by atoms with van der Waals surface area (Å²) in [6.07, 6.45) is 0. The fourth-order valence-electron chi connectivity index (χ4n) is 0.933. The van der Waals surface area contributed by atoms with E-state index in [0.717, 1.165) is 22.3 Å². The van der Waals surface area contributed by atoms with E-state index < -0.39 is 0 Å². The van der Waals surface area contributed by atoms with Crippen LogP contribution in [-0.4, -0.2) is 7.11 Å². The molecule has 0 aliphatic rings. The summed E-state index contributed by atoms with van der Waals surface area (Å²) in [6.45, 7) is 0. The monoisotopic (exact) mass is 230 g/mol. The van der Waals surface area contributed by atoms with Gasteiger partial charge in [-0.3, -0.25) is 5.84 Å². The average Bonchev–Trinajstić information content (AvgIpc) is 2.16. The number of nitrogen functional groups attached to an aromatic ring is 1. The van der Waals surface area contributed by atoms with Crippen molar-refractivity contribution >= 4 is 21.6 Å². The minimum Gasteiger partial charge on any atom is -0.497 e. The minimum absolute atomic E-state index is 0.774. The number of rotatable bonds is 3. The molecular weight excluding hydrogens is 220 g/mol. The van der Waals surface area contributed by atoms with Gasteiger partial charge in [0.2, 0.25) is 0 Å². The van der Waals surface area contributed by atoms with Gasteiger partial charge in [0.25, 0.3) is 0 Å². The number of nitrogens with two attached hydrogens (primary N) is 1. The zero-order valence-electron chi connectivity index (χ0n) is 6.80. The third-order valence-corrected chi connectivity index (χ3v) is 2.22. The second kappa shape index (κ2) is 4.33. The van der Waals surface area contributed by atoms with E-state index in [1.165, 1.54) is 0 Å². The molecular formula is C8H11BrN2O. The fourth-order valence-corrected chi connectivity index (χ4v) is 1.42. The molecule has 0 amide bonds. The number of hydrazine groups is 1. The summed E-state index contributed by atoms with van der Waals surface area (Å²) < 4.78 is 5.05. The van der Waals surface area contributed by atoms with Crippen LogP contribution in [0, 0.1) is 0 Å². The Bertz CT molecular complexity index is 265. The van der Waals surface area contributed by atoms with Gasteiger partial charge in [-0.15, -0.1) is 0 Å². The van der Waals surface area contributed by atoms with Gasteiger partial charge in [-0.05, 0) is 11.6 Å². The van der Waals surface area contributed by atoms with E-state index in [-0.39, 0.29) is 0 Å². The van der Waals surface area contributed by atoms with E-state index in [1.54, 1.807) is 7.11 Å². The van der Waals surface area contributed by atoms with Gasteiger partial charge in [-0.25, -0.2) is 0 Å². The molecule has 1 aromatic rings. The number of halogens is 1. The normalized spacial score (nSPS) is 9.58. The molecule has 0 radical (unpaired) electrons. The van der Waals surface area contributed by atoms with Gasteiger partial charge in [0.15, 0.2) is 0 Å². The van der Waals surface area contributed by atoms with Gasteiger partial charge in [0, 0.05) is 11.4 Å². The zero-order chi connectivity index (χ0) is 8.97. The molecule has 3 nitrogen and oxygen atoms in total. The SMILES string of the molecule is COc1ccc(CBr)c(NN)c1. The number of hydrogen-bond acceptors (Lipinski definition) is 3. The average molecular weight is 231 g/mol. The lowest BCUT2D eigenvalue weighted by Crippen LogP contribution is -2.08. The standard InChI is InChI=1S/C8H11BrN2O/c1-12-7-3-2-6(5-9)8(4-7)11-10/h2-4,11H,5,10H2,1H3. The van der Waals surface area contributed by atoms with Gasteiger partial charge in [-0.2, -0.15) is 0 Å².